The number of H-pyrrole nitrogens is 2. The Kier molecular flexibility index (Phi) is 7.33. The largest absolute Gasteiger partial charge is 0.366 e. The zero-order valence-electron chi connectivity index (χ0n) is 27.5. The number of primary amides is 1. The summed E-state index contributed by atoms with van der Waals surface area (Å²) in [6.07, 6.45) is 8.25. The highest BCUT2D eigenvalue weighted by Crippen LogP contribution is 2.39. The van der Waals surface area contributed by atoms with Crippen molar-refractivity contribution >= 4 is 52.3 Å². The topological polar surface area (TPSA) is 100 Å². The maximum atomic E-state index is 12.8. The number of nitrogens with zero attached hydrogens (tertiary/aromatic N) is 2. The van der Waals surface area contributed by atoms with Crippen LogP contribution < -0.4 is 5.73 Å². The van der Waals surface area contributed by atoms with Crippen LogP contribution in [0.15, 0.2) is 140 Å². The zero-order valence-corrected chi connectivity index (χ0v) is 27.5. The first-order chi connectivity index (χ1) is 25.1. The molecule has 1 amide bonds. The van der Waals surface area contributed by atoms with E-state index in [4.69, 9.17) is 15.7 Å². The molecule has 51 heavy (non-hydrogen) atoms. The van der Waals surface area contributed by atoms with Crippen molar-refractivity contribution in [3.05, 3.63) is 168 Å². The minimum Gasteiger partial charge on any atom is -0.366 e. The third-order valence-corrected chi connectivity index (χ3v) is 9.36. The van der Waals surface area contributed by atoms with Crippen LogP contribution in [-0.4, -0.2) is 25.8 Å². The van der Waals surface area contributed by atoms with Gasteiger partial charge in [-0.25, -0.2) is 9.97 Å². The molecule has 6 nitrogen and oxygen atoms in total. The molecule has 0 unspecified atom stereocenters. The molecule has 2 aliphatic heterocycles. The van der Waals surface area contributed by atoms with E-state index in [1.54, 1.807) is 6.07 Å². The van der Waals surface area contributed by atoms with E-state index in [0.717, 1.165) is 89.4 Å². The predicted molar refractivity (Wildman–Crippen MR) is 209 cm³/mol. The van der Waals surface area contributed by atoms with Gasteiger partial charge in [0.2, 0.25) is 5.91 Å². The van der Waals surface area contributed by atoms with Crippen molar-refractivity contribution in [1.29, 1.82) is 0 Å². The van der Waals surface area contributed by atoms with Crippen molar-refractivity contribution in [3.63, 3.8) is 0 Å². The maximum absolute atomic E-state index is 12.8. The lowest BCUT2D eigenvalue weighted by atomic mass is 9.96. The molecule has 4 aromatic carbocycles. The van der Waals surface area contributed by atoms with Gasteiger partial charge in [0.15, 0.2) is 0 Å². The molecule has 0 spiro atoms. The number of aromatic amines is 2. The second-order valence-corrected chi connectivity index (χ2v) is 12.5. The second kappa shape index (κ2) is 12.4. The van der Waals surface area contributed by atoms with Crippen molar-refractivity contribution < 1.29 is 4.79 Å². The molecule has 2 aliphatic rings. The van der Waals surface area contributed by atoms with Crippen LogP contribution in [0.5, 0.6) is 0 Å². The molecular weight excluding hydrogens is 627 g/mol. The van der Waals surface area contributed by atoms with E-state index in [9.17, 15) is 4.79 Å². The molecule has 0 aliphatic carbocycles. The summed E-state index contributed by atoms with van der Waals surface area (Å²) in [6, 6.07) is 46.7. The molecular formula is C45H31N5O. The first-order valence-corrected chi connectivity index (χ1v) is 16.8. The molecule has 6 heteroatoms. The number of nitrogens with one attached hydrogen (secondary N) is 2. The number of amides is 1. The quantitative estimate of drug-likeness (QED) is 0.172. The van der Waals surface area contributed by atoms with E-state index in [2.05, 4.69) is 82.8 Å². The normalized spacial score (nSPS) is 11.9. The molecule has 3 aromatic heterocycles. The Balaban J connectivity index is 1.49. The van der Waals surface area contributed by atoms with Crippen LogP contribution in [0.3, 0.4) is 0 Å². The highest BCUT2D eigenvalue weighted by molar-refractivity contribution is 6.06. The number of aromatic nitrogens is 4. The van der Waals surface area contributed by atoms with Gasteiger partial charge in [-0.15, -0.1) is 0 Å². The van der Waals surface area contributed by atoms with Gasteiger partial charge in [-0.3, -0.25) is 4.79 Å². The van der Waals surface area contributed by atoms with Crippen LogP contribution in [0.2, 0.25) is 0 Å². The molecule has 8 bridgehead atoms. The van der Waals surface area contributed by atoms with Gasteiger partial charge in [0.05, 0.1) is 28.3 Å². The molecule has 7 aromatic rings. The van der Waals surface area contributed by atoms with Crippen molar-refractivity contribution in [2.75, 3.05) is 0 Å². The number of carbonyl (C=O) groups excluding carboxylic acids is 1. The monoisotopic (exact) mass is 657 g/mol. The first kappa shape index (κ1) is 30.0. The van der Waals surface area contributed by atoms with E-state index in [1.807, 2.05) is 84.9 Å². The number of nitrogens with two attached hydrogens (primary N) is 1. The molecule has 9 rings (SSSR count). The highest BCUT2D eigenvalue weighted by Gasteiger charge is 2.20. The number of hydrogen-bond donors (Lipinski definition) is 3. The predicted octanol–water partition coefficient (Wildman–Crippen LogP) is 10.4. The fraction of sp³-hybridized carbons (Fsp3) is 0. The van der Waals surface area contributed by atoms with E-state index in [-0.39, 0.29) is 0 Å². The van der Waals surface area contributed by atoms with Gasteiger partial charge in [0, 0.05) is 44.4 Å². The average Bonchev–Trinajstić information content (AvgIpc) is 4.00. The minimum atomic E-state index is -0.491. The van der Waals surface area contributed by atoms with Gasteiger partial charge in [-0.05, 0) is 76.9 Å². The average molecular weight is 658 g/mol. The summed E-state index contributed by atoms with van der Waals surface area (Å²) < 4.78 is 0. The van der Waals surface area contributed by atoms with Crippen molar-refractivity contribution in [2.45, 2.75) is 0 Å². The molecule has 0 fully saturated rings. The van der Waals surface area contributed by atoms with Gasteiger partial charge in [0.25, 0.3) is 0 Å². The summed E-state index contributed by atoms with van der Waals surface area (Å²) in [5, 5.41) is 0. The summed E-state index contributed by atoms with van der Waals surface area (Å²) in [4.78, 5) is 30.8. The second-order valence-electron chi connectivity index (χ2n) is 12.5. The molecule has 242 valence electrons. The number of fused-ring (bicyclic) bond motifs is 8. The molecule has 0 radical (unpaired) electrons. The first-order valence-electron chi connectivity index (χ1n) is 16.8. The number of benzene rings is 4. The van der Waals surface area contributed by atoms with Crippen LogP contribution in [0, 0.1) is 0 Å². The van der Waals surface area contributed by atoms with Crippen LogP contribution >= 0.6 is 0 Å². The minimum absolute atomic E-state index is 0.441. The van der Waals surface area contributed by atoms with Crippen LogP contribution in [0.1, 0.15) is 33.1 Å². The molecule has 5 heterocycles. The molecule has 0 saturated heterocycles. The summed E-state index contributed by atoms with van der Waals surface area (Å²) in [7, 11) is 0. The molecule has 0 saturated carbocycles. The zero-order chi connectivity index (χ0) is 34.3. The van der Waals surface area contributed by atoms with E-state index < -0.39 is 5.91 Å². The third-order valence-electron chi connectivity index (χ3n) is 9.36. The standard InChI is InChI=1S/C45H31N5O/c46-45(51)34-19-11-10-18-33(34)35-27-32-26-31-20-21-36(47-31)41(28-12-4-1-5-13-28)37-22-23-38(49-37)42(29-14-6-2-7-15-29)39-24-25-40(50-39)43(44(35)48-32)30-16-8-3-9-17-30/h1-27,48-49H,(H2,46,51). The smallest absolute Gasteiger partial charge is 0.249 e. The van der Waals surface area contributed by atoms with Crippen LogP contribution in [-0.2, 0) is 0 Å². The van der Waals surface area contributed by atoms with Crippen LogP contribution in [0.4, 0.5) is 0 Å². The van der Waals surface area contributed by atoms with E-state index >= 15 is 0 Å². The Morgan fingerprint density at radius 3 is 1.61 bits per heavy atom. The lowest BCUT2D eigenvalue weighted by Gasteiger charge is -2.09. The Morgan fingerprint density at radius 2 is 1.00 bits per heavy atom. The van der Waals surface area contributed by atoms with Gasteiger partial charge >= 0.3 is 0 Å². The highest BCUT2D eigenvalue weighted by atomic mass is 16.1. The van der Waals surface area contributed by atoms with Gasteiger partial charge in [0.1, 0.15) is 0 Å². The van der Waals surface area contributed by atoms with Gasteiger partial charge in [-0.2, -0.15) is 0 Å². The Morgan fingerprint density at radius 1 is 0.490 bits per heavy atom. The maximum Gasteiger partial charge on any atom is 0.249 e. The SMILES string of the molecule is NC(=O)c1ccccc1-c1cc2cc3nc(c(-c4ccccc4)c4ccc([nH]4)c(-c4ccccc4)c4nc(c(-c5ccccc5)c1[nH]2)C=C4)C=C3. The van der Waals surface area contributed by atoms with Crippen molar-refractivity contribution in [1.82, 2.24) is 19.9 Å². The third kappa shape index (κ3) is 5.45. The lowest BCUT2D eigenvalue weighted by molar-refractivity contribution is 0.100. The number of rotatable bonds is 5. The van der Waals surface area contributed by atoms with E-state index in [1.165, 1.54) is 0 Å². The number of carbonyl (C=O) groups is 1. The Labute approximate surface area is 294 Å². The summed E-state index contributed by atoms with van der Waals surface area (Å²) in [5.74, 6) is -0.491. The summed E-state index contributed by atoms with van der Waals surface area (Å²) >= 11 is 0. The Hall–Kier alpha value is -7.05. The fourth-order valence-electron chi connectivity index (χ4n) is 7.10. The van der Waals surface area contributed by atoms with Crippen LogP contribution in [0.25, 0.3) is 90.9 Å². The Bertz CT molecular complexity index is 2700. The van der Waals surface area contributed by atoms with Crippen molar-refractivity contribution in [3.8, 4) is 44.5 Å². The molecule has 0 atom stereocenters. The fourth-order valence-corrected chi connectivity index (χ4v) is 7.10. The molecule has 4 N–H and O–H groups in total. The van der Waals surface area contributed by atoms with Gasteiger partial charge < -0.3 is 15.7 Å². The van der Waals surface area contributed by atoms with E-state index in [0.29, 0.717) is 5.56 Å². The van der Waals surface area contributed by atoms with Gasteiger partial charge in [-0.1, -0.05) is 109 Å². The van der Waals surface area contributed by atoms with Crippen molar-refractivity contribution in [2.24, 2.45) is 5.73 Å². The number of hydrogen-bond acceptors (Lipinski definition) is 3. The summed E-state index contributed by atoms with van der Waals surface area (Å²) in [6.45, 7) is 0. The summed E-state index contributed by atoms with van der Waals surface area (Å²) in [5.41, 5.74) is 20.8. The lowest BCUT2D eigenvalue weighted by Crippen LogP contribution is -2.12.